The molecular formula is C39H57NO8Si. The summed E-state index contributed by atoms with van der Waals surface area (Å²) in [6.07, 6.45) is 2.25. The predicted octanol–water partition coefficient (Wildman–Crippen LogP) is 5.72. The third-order valence-corrected chi connectivity index (χ3v) is 12.9. The van der Waals surface area contributed by atoms with Crippen molar-refractivity contribution in [3.63, 3.8) is 0 Å². The molecule has 10 heteroatoms. The molecule has 0 unspecified atom stereocenters. The van der Waals surface area contributed by atoms with E-state index in [9.17, 15) is 4.79 Å². The van der Waals surface area contributed by atoms with Gasteiger partial charge in [0, 0.05) is 12.2 Å². The van der Waals surface area contributed by atoms with Crippen molar-refractivity contribution in [2.24, 2.45) is 0 Å². The number of esters is 1. The summed E-state index contributed by atoms with van der Waals surface area (Å²) >= 11 is 0. The molecule has 0 saturated carbocycles. The second-order valence-corrected chi connectivity index (χ2v) is 16.9. The zero-order valence-corrected chi connectivity index (χ0v) is 31.0. The zero-order valence-electron chi connectivity index (χ0n) is 30.0. The molecule has 0 spiro atoms. The van der Waals surface area contributed by atoms with E-state index < -0.39 is 8.32 Å². The van der Waals surface area contributed by atoms with E-state index in [1.807, 2.05) is 12.1 Å². The number of ether oxygens (including phenoxy) is 6. The second kappa shape index (κ2) is 23.3. The van der Waals surface area contributed by atoms with Crippen molar-refractivity contribution >= 4 is 30.3 Å². The molecular weight excluding hydrogens is 639 g/mol. The molecule has 49 heavy (non-hydrogen) atoms. The summed E-state index contributed by atoms with van der Waals surface area (Å²) in [4.78, 5) is 12.2. The van der Waals surface area contributed by atoms with Crippen molar-refractivity contribution in [1.29, 1.82) is 0 Å². The lowest BCUT2D eigenvalue weighted by Gasteiger charge is -2.43. The molecule has 0 amide bonds. The van der Waals surface area contributed by atoms with Gasteiger partial charge < -0.3 is 38.2 Å². The average Bonchev–Trinajstić information content (AvgIpc) is 3.11. The molecule has 0 aliphatic rings. The number of nitrogens with one attached hydrogen (secondary N) is 1. The third kappa shape index (κ3) is 14.3. The largest absolute Gasteiger partial charge is 0.460 e. The van der Waals surface area contributed by atoms with E-state index in [-0.39, 0.29) is 17.6 Å². The predicted molar refractivity (Wildman–Crippen MR) is 198 cm³/mol. The number of hydrogen-bond donors (Lipinski definition) is 1. The topological polar surface area (TPSA) is 93.7 Å². The van der Waals surface area contributed by atoms with E-state index in [0.29, 0.717) is 78.2 Å². The fraction of sp³-hybridized carbons (Fsp3) is 0.513. The number of anilines is 1. The molecule has 9 nitrogen and oxygen atoms in total. The zero-order chi connectivity index (χ0) is 35.0. The maximum Gasteiger partial charge on any atom is 0.338 e. The van der Waals surface area contributed by atoms with Crippen LogP contribution in [0.3, 0.4) is 0 Å². The SMILES string of the molecule is CCCCNc1ccc(C(=O)OCCOCCOCCOCCOCCOCCO[Si](c2ccccc2)(c2ccccc2)C(C)(C)C)cc1. The van der Waals surface area contributed by atoms with Crippen LogP contribution >= 0.6 is 0 Å². The van der Waals surface area contributed by atoms with E-state index in [2.05, 4.69) is 93.7 Å². The summed E-state index contributed by atoms with van der Waals surface area (Å²) in [6, 6.07) is 28.6. The van der Waals surface area contributed by atoms with E-state index in [1.165, 1.54) is 10.4 Å². The van der Waals surface area contributed by atoms with E-state index in [1.54, 1.807) is 12.1 Å². The molecule has 0 saturated heterocycles. The van der Waals surface area contributed by atoms with Crippen LogP contribution in [0.15, 0.2) is 84.9 Å². The summed E-state index contributed by atoms with van der Waals surface area (Å²) in [7, 11) is -2.54. The van der Waals surface area contributed by atoms with Crippen LogP contribution in [0.5, 0.6) is 0 Å². The molecule has 1 N–H and O–H groups in total. The quantitative estimate of drug-likeness (QED) is 0.0644. The van der Waals surface area contributed by atoms with Crippen molar-refractivity contribution in [3.05, 3.63) is 90.5 Å². The Labute approximate surface area is 294 Å². The molecule has 0 atom stereocenters. The van der Waals surface area contributed by atoms with Gasteiger partial charge >= 0.3 is 5.97 Å². The van der Waals surface area contributed by atoms with Gasteiger partial charge in [-0.25, -0.2) is 4.79 Å². The molecule has 0 aliphatic heterocycles. The van der Waals surface area contributed by atoms with Gasteiger partial charge in [0.15, 0.2) is 0 Å². The summed E-state index contributed by atoms with van der Waals surface area (Å²) in [5, 5.41) is 5.79. The minimum absolute atomic E-state index is 0.0600. The highest BCUT2D eigenvalue weighted by Crippen LogP contribution is 2.36. The van der Waals surface area contributed by atoms with Crippen molar-refractivity contribution in [2.45, 2.75) is 45.6 Å². The van der Waals surface area contributed by atoms with Crippen molar-refractivity contribution in [2.75, 3.05) is 91.1 Å². The normalized spacial score (nSPS) is 11.8. The molecule has 3 aromatic carbocycles. The summed E-state index contributed by atoms with van der Waals surface area (Å²) in [5.74, 6) is -0.356. The van der Waals surface area contributed by atoms with E-state index >= 15 is 0 Å². The Bertz CT molecular complexity index is 1230. The number of hydrogen-bond acceptors (Lipinski definition) is 9. The minimum Gasteiger partial charge on any atom is -0.460 e. The van der Waals surface area contributed by atoms with Crippen molar-refractivity contribution in [3.8, 4) is 0 Å². The molecule has 0 aromatic heterocycles. The lowest BCUT2D eigenvalue weighted by atomic mass is 10.2. The van der Waals surface area contributed by atoms with Gasteiger partial charge in [-0.2, -0.15) is 0 Å². The number of unbranched alkanes of at least 4 members (excludes halogenated alkanes) is 1. The van der Waals surface area contributed by atoms with Crippen LogP contribution in [0.4, 0.5) is 5.69 Å². The standard InChI is InChI=1S/C39H57NO8Si/c1-5-6-21-40-35-19-17-34(18-20-35)38(41)47-32-30-45-28-26-43-24-22-42-23-25-44-27-29-46-31-33-48-49(39(2,3)4,36-13-9-7-10-14-36)37-15-11-8-12-16-37/h7-20,40H,5-6,21-33H2,1-4H3. The molecule has 3 rings (SSSR count). The number of rotatable bonds is 26. The first kappa shape index (κ1) is 40.3. The average molecular weight is 696 g/mol. The lowest BCUT2D eigenvalue weighted by Crippen LogP contribution is -2.66. The first-order valence-electron chi connectivity index (χ1n) is 17.5. The maximum atomic E-state index is 12.2. The van der Waals surface area contributed by atoms with Gasteiger partial charge in [0.05, 0.1) is 78.2 Å². The first-order chi connectivity index (χ1) is 23.9. The first-order valence-corrected chi connectivity index (χ1v) is 19.4. The Kier molecular flexibility index (Phi) is 19.2. The molecule has 0 bridgehead atoms. The van der Waals surface area contributed by atoms with E-state index in [4.69, 9.17) is 32.8 Å². The highest BCUT2D eigenvalue weighted by Gasteiger charge is 2.50. The second-order valence-electron chi connectivity index (χ2n) is 12.6. The smallest absolute Gasteiger partial charge is 0.338 e. The highest BCUT2D eigenvalue weighted by molar-refractivity contribution is 6.99. The summed E-state index contributed by atoms with van der Waals surface area (Å²) < 4.78 is 40.2. The molecule has 3 aromatic rings. The van der Waals surface area contributed by atoms with Gasteiger partial charge in [0.2, 0.25) is 0 Å². The molecule has 0 aliphatic carbocycles. The Morgan fingerprint density at radius 2 is 1.02 bits per heavy atom. The fourth-order valence-corrected chi connectivity index (χ4v) is 9.95. The Morgan fingerprint density at radius 3 is 1.45 bits per heavy atom. The molecule has 0 radical (unpaired) electrons. The molecule has 0 heterocycles. The van der Waals surface area contributed by atoms with Crippen LogP contribution < -0.4 is 15.7 Å². The lowest BCUT2D eigenvalue weighted by molar-refractivity contribution is -0.0165. The van der Waals surface area contributed by atoms with Crippen LogP contribution in [0, 0.1) is 0 Å². The van der Waals surface area contributed by atoms with Crippen LogP contribution in [0.2, 0.25) is 5.04 Å². The van der Waals surface area contributed by atoms with Crippen LogP contribution in [0.25, 0.3) is 0 Å². The van der Waals surface area contributed by atoms with E-state index in [0.717, 1.165) is 25.1 Å². The van der Waals surface area contributed by atoms with Gasteiger partial charge in [0.1, 0.15) is 6.61 Å². The monoisotopic (exact) mass is 695 g/mol. The minimum atomic E-state index is -2.54. The molecule has 270 valence electrons. The van der Waals surface area contributed by atoms with Crippen molar-refractivity contribution < 1.29 is 37.6 Å². The van der Waals surface area contributed by atoms with Crippen LogP contribution in [-0.2, 0) is 32.8 Å². The Hall–Kier alpha value is -3.09. The van der Waals surface area contributed by atoms with Gasteiger partial charge in [-0.1, -0.05) is 94.8 Å². The maximum absolute atomic E-state index is 12.2. The third-order valence-electron chi connectivity index (χ3n) is 7.89. The fourth-order valence-electron chi connectivity index (χ4n) is 5.41. The Balaban J connectivity index is 1.14. The summed E-state index contributed by atoms with van der Waals surface area (Å²) in [5.41, 5.74) is 1.52. The van der Waals surface area contributed by atoms with Crippen LogP contribution in [0.1, 0.15) is 50.9 Å². The van der Waals surface area contributed by atoms with Gasteiger partial charge in [-0.05, 0) is 46.1 Å². The van der Waals surface area contributed by atoms with Crippen molar-refractivity contribution in [1.82, 2.24) is 0 Å². The van der Waals surface area contributed by atoms with Crippen LogP contribution in [-0.4, -0.2) is 100 Å². The number of carbonyl (C=O) groups is 1. The summed E-state index contributed by atoms with van der Waals surface area (Å²) in [6.45, 7) is 15.2. The highest BCUT2D eigenvalue weighted by atomic mass is 28.4. The molecule has 0 fully saturated rings. The van der Waals surface area contributed by atoms with Gasteiger partial charge in [0.25, 0.3) is 8.32 Å². The Morgan fingerprint density at radius 1 is 0.592 bits per heavy atom. The van der Waals surface area contributed by atoms with Gasteiger partial charge in [-0.3, -0.25) is 0 Å². The van der Waals surface area contributed by atoms with Gasteiger partial charge in [-0.15, -0.1) is 0 Å². The number of benzene rings is 3. The number of carbonyl (C=O) groups excluding carboxylic acids is 1.